The first-order chi connectivity index (χ1) is 5.16. The molecule has 0 radical (unpaired) electrons. The molecule has 0 bridgehead atoms. The van der Waals surface area contributed by atoms with Gasteiger partial charge in [-0.05, 0) is 12.8 Å². The Bertz CT molecular complexity index is 206. The lowest BCUT2D eigenvalue weighted by Gasteiger charge is -2.13. The Morgan fingerprint density at radius 2 is 2.09 bits per heavy atom. The summed E-state index contributed by atoms with van der Waals surface area (Å²) in [7, 11) is 0. The Hall–Kier alpha value is -0.920. The molecular formula is C9H12O2. The van der Waals surface area contributed by atoms with Gasteiger partial charge in [-0.15, -0.1) is 0 Å². The largest absolute Gasteiger partial charge is 0.303 e. The van der Waals surface area contributed by atoms with Gasteiger partial charge in [-0.3, -0.25) is 4.79 Å². The summed E-state index contributed by atoms with van der Waals surface area (Å²) < 4.78 is 0. The third-order valence-electron chi connectivity index (χ3n) is 2.34. The van der Waals surface area contributed by atoms with E-state index >= 15 is 0 Å². The number of ketones is 1. The molecule has 0 aromatic rings. The highest BCUT2D eigenvalue weighted by Crippen LogP contribution is 2.29. The van der Waals surface area contributed by atoms with Gasteiger partial charge >= 0.3 is 0 Å². The lowest BCUT2D eigenvalue weighted by molar-refractivity contribution is -0.121. The molecule has 0 aromatic heterocycles. The molecule has 2 nitrogen and oxygen atoms in total. The molecular weight excluding hydrogens is 140 g/mol. The van der Waals surface area contributed by atoms with Gasteiger partial charge in [-0.25, -0.2) is 0 Å². The van der Waals surface area contributed by atoms with Crippen molar-refractivity contribution >= 4 is 12.1 Å². The van der Waals surface area contributed by atoms with E-state index in [4.69, 9.17) is 0 Å². The molecule has 1 aliphatic rings. The summed E-state index contributed by atoms with van der Waals surface area (Å²) in [6.07, 6.45) is 4.57. The summed E-state index contributed by atoms with van der Waals surface area (Å²) in [6.45, 7) is 3.50. The average molecular weight is 152 g/mol. The molecule has 0 aliphatic heterocycles. The number of aldehydes is 1. The van der Waals surface area contributed by atoms with Crippen molar-refractivity contribution in [2.45, 2.75) is 13.8 Å². The minimum atomic E-state index is -0.0519. The monoisotopic (exact) mass is 152 g/mol. The fourth-order valence-corrected chi connectivity index (χ4v) is 1.51. The maximum Gasteiger partial charge on any atom is 0.136 e. The lowest BCUT2D eigenvalue weighted by Crippen LogP contribution is -2.18. The topological polar surface area (TPSA) is 34.1 Å². The molecule has 0 heterocycles. The summed E-state index contributed by atoms with van der Waals surface area (Å²) in [6, 6.07) is 0. The van der Waals surface area contributed by atoms with Crippen LogP contribution in [0.4, 0.5) is 0 Å². The lowest BCUT2D eigenvalue weighted by atomic mass is 9.88. The molecule has 60 valence electrons. The molecule has 2 heteroatoms. The van der Waals surface area contributed by atoms with E-state index in [2.05, 4.69) is 0 Å². The highest BCUT2D eigenvalue weighted by atomic mass is 16.1. The van der Waals surface area contributed by atoms with Gasteiger partial charge in [-0.1, -0.05) is 19.1 Å². The van der Waals surface area contributed by atoms with Crippen LogP contribution in [0.3, 0.4) is 0 Å². The van der Waals surface area contributed by atoms with Crippen LogP contribution < -0.4 is 0 Å². The van der Waals surface area contributed by atoms with E-state index in [0.717, 1.165) is 6.29 Å². The highest BCUT2D eigenvalue weighted by molar-refractivity contribution is 5.82. The first kappa shape index (κ1) is 8.18. The molecule has 1 aliphatic carbocycles. The van der Waals surface area contributed by atoms with Gasteiger partial charge in [0.15, 0.2) is 0 Å². The molecule has 0 unspecified atom stereocenters. The van der Waals surface area contributed by atoms with Crippen LogP contribution in [0.1, 0.15) is 13.8 Å². The maximum atomic E-state index is 11.0. The van der Waals surface area contributed by atoms with E-state index in [1.54, 1.807) is 6.92 Å². The molecule has 0 spiro atoms. The second-order valence-electron chi connectivity index (χ2n) is 3.09. The Morgan fingerprint density at radius 1 is 1.45 bits per heavy atom. The minimum Gasteiger partial charge on any atom is -0.303 e. The standard InChI is InChI=1S/C9H12O2/c1-6-8(5-10)3-4-9(6)7(2)11/h3-6,8-9H,1-2H3/t6-,8-,9-/m0/s1. The first-order valence-electron chi connectivity index (χ1n) is 3.81. The van der Waals surface area contributed by atoms with Crippen molar-refractivity contribution in [2.24, 2.45) is 17.8 Å². The van der Waals surface area contributed by atoms with Crippen LogP contribution in [0.15, 0.2) is 12.2 Å². The van der Waals surface area contributed by atoms with Crippen molar-refractivity contribution in [2.75, 3.05) is 0 Å². The summed E-state index contributed by atoms with van der Waals surface area (Å²) in [4.78, 5) is 21.4. The van der Waals surface area contributed by atoms with Crippen molar-refractivity contribution in [1.29, 1.82) is 0 Å². The number of rotatable bonds is 2. The van der Waals surface area contributed by atoms with Gasteiger partial charge in [0.2, 0.25) is 0 Å². The Morgan fingerprint density at radius 3 is 2.36 bits per heavy atom. The van der Waals surface area contributed by atoms with Crippen LogP contribution in [0.25, 0.3) is 0 Å². The average Bonchev–Trinajstić information content (AvgIpc) is 2.30. The smallest absolute Gasteiger partial charge is 0.136 e. The SMILES string of the molecule is CC(=O)[C@H]1C=C[C@@H](C=O)[C@@H]1C. The van der Waals surface area contributed by atoms with E-state index < -0.39 is 0 Å². The molecule has 0 N–H and O–H groups in total. The van der Waals surface area contributed by atoms with E-state index in [1.165, 1.54) is 0 Å². The van der Waals surface area contributed by atoms with E-state index in [9.17, 15) is 9.59 Å². The Kier molecular flexibility index (Phi) is 2.22. The van der Waals surface area contributed by atoms with Gasteiger partial charge in [0.25, 0.3) is 0 Å². The zero-order chi connectivity index (χ0) is 8.43. The maximum absolute atomic E-state index is 11.0. The van der Waals surface area contributed by atoms with Crippen molar-refractivity contribution < 1.29 is 9.59 Å². The highest BCUT2D eigenvalue weighted by Gasteiger charge is 2.29. The summed E-state index contributed by atoms with van der Waals surface area (Å²) in [5.74, 6) is 0.220. The number of carbonyl (C=O) groups is 2. The summed E-state index contributed by atoms with van der Waals surface area (Å²) in [5, 5.41) is 0. The fraction of sp³-hybridized carbons (Fsp3) is 0.556. The predicted octanol–water partition coefficient (Wildman–Crippen LogP) is 1.21. The number of carbonyl (C=O) groups excluding carboxylic acids is 2. The number of Topliss-reactive ketones (excluding diaryl/α,β-unsaturated/α-hetero) is 1. The van der Waals surface area contributed by atoms with Crippen molar-refractivity contribution in [1.82, 2.24) is 0 Å². The van der Waals surface area contributed by atoms with Crippen LogP contribution in [0, 0.1) is 17.8 Å². The second-order valence-corrected chi connectivity index (χ2v) is 3.09. The molecule has 3 atom stereocenters. The van der Waals surface area contributed by atoms with Crippen molar-refractivity contribution in [3.05, 3.63) is 12.2 Å². The molecule has 1 rings (SSSR count). The van der Waals surface area contributed by atoms with Gasteiger partial charge in [0.05, 0.1) is 0 Å². The first-order valence-corrected chi connectivity index (χ1v) is 3.81. The molecule has 11 heavy (non-hydrogen) atoms. The molecule has 0 saturated carbocycles. The molecule has 0 aromatic carbocycles. The third kappa shape index (κ3) is 1.39. The minimum absolute atomic E-state index is 0.0369. The van der Waals surface area contributed by atoms with Crippen LogP contribution in [-0.2, 0) is 9.59 Å². The number of hydrogen-bond acceptors (Lipinski definition) is 2. The van der Waals surface area contributed by atoms with Crippen molar-refractivity contribution in [3.8, 4) is 0 Å². The van der Waals surface area contributed by atoms with Crippen molar-refractivity contribution in [3.63, 3.8) is 0 Å². The second kappa shape index (κ2) is 2.99. The van der Waals surface area contributed by atoms with Gasteiger partial charge in [0.1, 0.15) is 12.1 Å². The Labute approximate surface area is 66.3 Å². The predicted molar refractivity (Wildman–Crippen MR) is 42.0 cm³/mol. The van der Waals surface area contributed by atoms with Crippen LogP contribution in [-0.4, -0.2) is 12.1 Å². The normalized spacial score (nSPS) is 35.6. The van der Waals surface area contributed by atoms with E-state index in [0.29, 0.717) is 0 Å². The molecule has 0 saturated heterocycles. The van der Waals surface area contributed by atoms with E-state index in [1.807, 2.05) is 19.1 Å². The third-order valence-corrected chi connectivity index (χ3v) is 2.34. The van der Waals surface area contributed by atoms with Gasteiger partial charge < -0.3 is 4.79 Å². The van der Waals surface area contributed by atoms with Crippen LogP contribution in [0.5, 0.6) is 0 Å². The zero-order valence-electron chi connectivity index (χ0n) is 6.78. The summed E-state index contributed by atoms with van der Waals surface area (Å²) >= 11 is 0. The van der Waals surface area contributed by atoms with Gasteiger partial charge in [-0.2, -0.15) is 0 Å². The van der Waals surface area contributed by atoms with Gasteiger partial charge in [0, 0.05) is 11.8 Å². The fourth-order valence-electron chi connectivity index (χ4n) is 1.51. The zero-order valence-corrected chi connectivity index (χ0v) is 6.78. The van der Waals surface area contributed by atoms with Crippen LogP contribution in [0.2, 0.25) is 0 Å². The molecule has 0 amide bonds. The summed E-state index contributed by atoms with van der Waals surface area (Å²) in [5.41, 5.74) is 0. The van der Waals surface area contributed by atoms with Crippen LogP contribution >= 0.6 is 0 Å². The molecule has 0 fully saturated rings. The quantitative estimate of drug-likeness (QED) is 0.440. The van der Waals surface area contributed by atoms with E-state index in [-0.39, 0.29) is 23.5 Å². The number of hydrogen-bond donors (Lipinski definition) is 0. The number of allylic oxidation sites excluding steroid dienone is 2. The Balaban J connectivity index is 2.70.